The maximum atomic E-state index is 14.8. The standard InChI is InChI=1S/C28H28FN5O2S/c1-37-26-18-34(25-14-19(4-6-22(25)26)27(35)33-10-12-36-13-11-33)28-30-16-20(17-31-28)23-15-21(5-7-24(23)29)32-8-2-3-9-32/h4-7,14-18H,2-3,8-13H2,1H3. The van der Waals surface area contributed by atoms with Crippen LogP contribution in [0.3, 0.4) is 0 Å². The zero-order chi connectivity index (χ0) is 25.4. The van der Waals surface area contributed by atoms with Crippen LogP contribution in [0.1, 0.15) is 23.2 Å². The van der Waals surface area contributed by atoms with E-state index in [-0.39, 0.29) is 11.7 Å². The number of benzene rings is 2. The summed E-state index contributed by atoms with van der Waals surface area (Å²) in [6.07, 6.45) is 9.66. The SMILES string of the molecule is CSc1cn(-c2ncc(-c3cc(N4CCCC4)ccc3F)cn2)c2cc(C(=O)N3CCOCC3)ccc12. The molecule has 0 bridgehead atoms. The number of hydrogen-bond acceptors (Lipinski definition) is 6. The molecule has 0 radical (unpaired) electrons. The van der Waals surface area contributed by atoms with E-state index >= 15 is 0 Å². The number of carbonyl (C=O) groups is 1. The van der Waals surface area contributed by atoms with Gasteiger partial charge >= 0.3 is 0 Å². The fourth-order valence-electron chi connectivity index (χ4n) is 5.10. The second-order valence-electron chi connectivity index (χ2n) is 9.33. The highest BCUT2D eigenvalue weighted by Crippen LogP contribution is 2.32. The van der Waals surface area contributed by atoms with E-state index in [0.717, 1.165) is 47.4 Å². The van der Waals surface area contributed by atoms with Crippen molar-refractivity contribution in [1.29, 1.82) is 0 Å². The molecule has 0 spiro atoms. The quantitative estimate of drug-likeness (QED) is 0.347. The van der Waals surface area contributed by atoms with Crippen LogP contribution in [0.4, 0.5) is 10.1 Å². The number of rotatable bonds is 5. The van der Waals surface area contributed by atoms with E-state index in [0.29, 0.717) is 48.9 Å². The summed E-state index contributed by atoms with van der Waals surface area (Å²) in [6.45, 7) is 4.29. The minimum absolute atomic E-state index is 0.00622. The lowest BCUT2D eigenvalue weighted by Gasteiger charge is -2.26. The molecule has 9 heteroatoms. The summed E-state index contributed by atoms with van der Waals surface area (Å²) in [5, 5.41) is 1.03. The highest BCUT2D eigenvalue weighted by molar-refractivity contribution is 7.98. The predicted molar refractivity (Wildman–Crippen MR) is 144 cm³/mol. The summed E-state index contributed by atoms with van der Waals surface area (Å²) in [5.74, 6) is 0.177. The van der Waals surface area contributed by atoms with Crippen molar-refractivity contribution >= 4 is 34.3 Å². The Hall–Kier alpha value is -3.43. The Kier molecular flexibility index (Phi) is 6.56. The highest BCUT2D eigenvalue weighted by Gasteiger charge is 2.21. The lowest BCUT2D eigenvalue weighted by atomic mass is 10.1. The maximum absolute atomic E-state index is 14.8. The van der Waals surface area contributed by atoms with Crippen molar-refractivity contribution < 1.29 is 13.9 Å². The van der Waals surface area contributed by atoms with Crippen LogP contribution in [0.5, 0.6) is 0 Å². The third kappa shape index (κ3) is 4.57. The molecule has 0 unspecified atom stereocenters. The molecule has 2 fully saturated rings. The number of halogens is 1. The Bertz CT molecular complexity index is 1440. The Balaban J connectivity index is 1.34. The number of anilines is 1. The van der Waals surface area contributed by atoms with Crippen LogP contribution in [0.2, 0.25) is 0 Å². The minimum atomic E-state index is -0.290. The van der Waals surface area contributed by atoms with Crippen LogP contribution in [-0.4, -0.2) is 71.0 Å². The summed E-state index contributed by atoms with van der Waals surface area (Å²) < 4.78 is 22.1. The molecule has 0 N–H and O–H groups in total. The van der Waals surface area contributed by atoms with Gasteiger partial charge in [-0.2, -0.15) is 0 Å². The van der Waals surface area contributed by atoms with Gasteiger partial charge in [0, 0.05) is 77.4 Å². The first kappa shape index (κ1) is 23.9. The molecule has 0 atom stereocenters. The second kappa shape index (κ2) is 10.1. The van der Waals surface area contributed by atoms with Gasteiger partial charge < -0.3 is 14.5 Å². The maximum Gasteiger partial charge on any atom is 0.254 e. The average molecular weight is 518 g/mol. The average Bonchev–Trinajstić information content (AvgIpc) is 3.62. The predicted octanol–water partition coefficient (Wildman–Crippen LogP) is 5.02. The first-order valence-electron chi connectivity index (χ1n) is 12.6. The van der Waals surface area contributed by atoms with Gasteiger partial charge in [-0.3, -0.25) is 9.36 Å². The monoisotopic (exact) mass is 517 g/mol. The normalized spacial score (nSPS) is 16.1. The van der Waals surface area contributed by atoms with Crippen LogP contribution in [0.15, 0.2) is 59.9 Å². The van der Waals surface area contributed by atoms with E-state index < -0.39 is 0 Å². The van der Waals surface area contributed by atoms with Gasteiger partial charge in [-0.15, -0.1) is 11.8 Å². The molecule has 2 saturated heterocycles. The lowest BCUT2D eigenvalue weighted by Crippen LogP contribution is -2.40. The number of carbonyl (C=O) groups excluding carboxylic acids is 1. The Morgan fingerprint density at radius 2 is 1.76 bits per heavy atom. The van der Waals surface area contributed by atoms with E-state index in [1.54, 1.807) is 24.2 Å². The van der Waals surface area contributed by atoms with Gasteiger partial charge in [0.15, 0.2) is 0 Å². The lowest BCUT2D eigenvalue weighted by molar-refractivity contribution is 0.0303. The van der Waals surface area contributed by atoms with Crippen molar-refractivity contribution in [2.75, 3.05) is 50.5 Å². The minimum Gasteiger partial charge on any atom is -0.378 e. The van der Waals surface area contributed by atoms with Crippen LogP contribution in [0.25, 0.3) is 28.0 Å². The number of hydrogen-bond donors (Lipinski definition) is 0. The van der Waals surface area contributed by atoms with Gasteiger partial charge in [0.1, 0.15) is 5.82 Å². The van der Waals surface area contributed by atoms with E-state index in [1.807, 2.05) is 52.3 Å². The fourth-order valence-corrected chi connectivity index (χ4v) is 5.70. The number of ether oxygens (including phenoxy) is 1. The van der Waals surface area contributed by atoms with Gasteiger partial charge in [-0.1, -0.05) is 6.07 Å². The van der Waals surface area contributed by atoms with Gasteiger partial charge in [0.25, 0.3) is 5.91 Å². The van der Waals surface area contributed by atoms with Crippen LogP contribution < -0.4 is 4.90 Å². The molecule has 0 saturated carbocycles. The van der Waals surface area contributed by atoms with Crippen molar-refractivity contribution in [2.24, 2.45) is 0 Å². The number of amides is 1. The molecule has 6 rings (SSSR count). The molecule has 190 valence electrons. The molecule has 2 aliphatic rings. The van der Waals surface area contributed by atoms with Gasteiger partial charge in [-0.05, 0) is 49.4 Å². The number of nitrogens with zero attached hydrogens (tertiary/aromatic N) is 5. The van der Waals surface area contributed by atoms with Crippen LogP contribution >= 0.6 is 11.8 Å². The molecule has 7 nitrogen and oxygen atoms in total. The zero-order valence-corrected chi connectivity index (χ0v) is 21.5. The number of thioether (sulfide) groups is 1. The van der Waals surface area contributed by atoms with E-state index in [4.69, 9.17) is 4.74 Å². The van der Waals surface area contributed by atoms with Gasteiger partial charge in [0.05, 0.1) is 18.7 Å². The van der Waals surface area contributed by atoms with Crippen molar-refractivity contribution in [1.82, 2.24) is 19.4 Å². The zero-order valence-electron chi connectivity index (χ0n) is 20.7. The molecular weight excluding hydrogens is 489 g/mol. The summed E-state index contributed by atoms with van der Waals surface area (Å²) >= 11 is 1.63. The molecule has 4 aromatic rings. The molecule has 2 aromatic heterocycles. The van der Waals surface area contributed by atoms with Crippen molar-refractivity contribution in [3.63, 3.8) is 0 Å². The first-order valence-corrected chi connectivity index (χ1v) is 13.8. The summed E-state index contributed by atoms with van der Waals surface area (Å²) in [4.78, 5) is 27.5. The molecule has 2 aromatic carbocycles. The first-order chi connectivity index (χ1) is 18.1. The summed E-state index contributed by atoms with van der Waals surface area (Å²) in [7, 11) is 0. The third-order valence-corrected chi connectivity index (χ3v) is 7.89. The van der Waals surface area contributed by atoms with E-state index in [2.05, 4.69) is 14.9 Å². The molecule has 2 aliphatic heterocycles. The molecule has 37 heavy (non-hydrogen) atoms. The summed E-state index contributed by atoms with van der Waals surface area (Å²) in [5.41, 5.74) is 3.64. The van der Waals surface area contributed by atoms with Crippen LogP contribution in [0, 0.1) is 5.82 Å². The van der Waals surface area contributed by atoms with Gasteiger partial charge in [0.2, 0.25) is 5.95 Å². The van der Waals surface area contributed by atoms with Gasteiger partial charge in [-0.25, -0.2) is 14.4 Å². The molecule has 4 heterocycles. The van der Waals surface area contributed by atoms with Crippen molar-refractivity contribution in [2.45, 2.75) is 17.7 Å². The third-order valence-electron chi connectivity index (χ3n) is 7.12. The van der Waals surface area contributed by atoms with Crippen molar-refractivity contribution in [3.8, 4) is 17.1 Å². The molecule has 0 aliphatic carbocycles. The fraction of sp³-hybridized carbons (Fsp3) is 0.321. The summed E-state index contributed by atoms with van der Waals surface area (Å²) in [6, 6.07) is 11.0. The smallest absolute Gasteiger partial charge is 0.254 e. The molecule has 1 amide bonds. The second-order valence-corrected chi connectivity index (χ2v) is 10.2. The number of morpholine rings is 1. The van der Waals surface area contributed by atoms with E-state index in [9.17, 15) is 9.18 Å². The molecular formula is C28H28FN5O2S. The topological polar surface area (TPSA) is 63.5 Å². The van der Waals surface area contributed by atoms with E-state index in [1.165, 1.54) is 6.07 Å². The number of fused-ring (bicyclic) bond motifs is 1. The Morgan fingerprint density at radius 3 is 2.49 bits per heavy atom. The largest absolute Gasteiger partial charge is 0.378 e. The highest BCUT2D eigenvalue weighted by atomic mass is 32.2. The Labute approximate surface area is 219 Å². The number of aromatic nitrogens is 3. The Morgan fingerprint density at radius 1 is 1.00 bits per heavy atom. The van der Waals surface area contributed by atoms with Crippen LogP contribution in [-0.2, 0) is 4.74 Å². The van der Waals surface area contributed by atoms with Crippen molar-refractivity contribution in [3.05, 3.63) is 66.4 Å².